The molecule has 0 bridgehead atoms. The monoisotopic (exact) mass is 286 g/mol. The summed E-state index contributed by atoms with van der Waals surface area (Å²) in [6.07, 6.45) is 1.58. The van der Waals surface area contributed by atoms with Crippen LogP contribution >= 0.6 is 0 Å². The minimum atomic E-state index is -0.291. The zero-order valence-electron chi connectivity index (χ0n) is 12.3. The highest BCUT2D eigenvalue weighted by Gasteiger charge is 2.05. The number of hydrogen-bond donors (Lipinski definition) is 1. The largest absolute Gasteiger partial charge is 0.507 e. The Bertz CT molecular complexity index is 619. The Kier molecular flexibility index (Phi) is 4.93. The fourth-order valence-electron chi connectivity index (χ4n) is 2.10. The summed E-state index contributed by atoms with van der Waals surface area (Å²) in [5.41, 5.74) is 2.26. The lowest BCUT2D eigenvalue weighted by Gasteiger charge is -2.21. The molecule has 2 aromatic rings. The smallest absolute Gasteiger partial charge is 0.126 e. The molecule has 0 heterocycles. The van der Waals surface area contributed by atoms with Crippen LogP contribution < -0.4 is 4.90 Å². The quantitative estimate of drug-likeness (QED) is 0.839. The number of aliphatic imine (C=N–C) groups is 1. The van der Waals surface area contributed by atoms with Crippen molar-refractivity contribution in [3.8, 4) is 5.75 Å². The molecule has 0 radical (unpaired) electrons. The topological polar surface area (TPSA) is 35.8 Å². The predicted octanol–water partition coefficient (Wildman–Crippen LogP) is 4.13. The van der Waals surface area contributed by atoms with Crippen LogP contribution in [0.4, 0.5) is 15.8 Å². The lowest BCUT2D eigenvalue weighted by molar-refractivity contribution is 0.474. The van der Waals surface area contributed by atoms with E-state index in [1.54, 1.807) is 24.4 Å². The van der Waals surface area contributed by atoms with E-state index in [2.05, 4.69) is 23.7 Å². The van der Waals surface area contributed by atoms with E-state index in [0.717, 1.165) is 18.8 Å². The summed E-state index contributed by atoms with van der Waals surface area (Å²) in [4.78, 5) is 6.38. The Balaban J connectivity index is 2.19. The van der Waals surface area contributed by atoms with Crippen LogP contribution in [0.3, 0.4) is 0 Å². The Labute approximate surface area is 124 Å². The maximum Gasteiger partial charge on any atom is 0.126 e. The number of hydrogen-bond acceptors (Lipinski definition) is 3. The van der Waals surface area contributed by atoms with Crippen LogP contribution in [0, 0.1) is 5.82 Å². The molecule has 21 heavy (non-hydrogen) atoms. The fraction of sp³-hybridized carbons (Fsp3) is 0.235. The Hall–Kier alpha value is -2.36. The Morgan fingerprint density at radius 2 is 1.76 bits per heavy atom. The van der Waals surface area contributed by atoms with Gasteiger partial charge >= 0.3 is 0 Å². The van der Waals surface area contributed by atoms with Gasteiger partial charge in [-0.3, -0.25) is 4.99 Å². The van der Waals surface area contributed by atoms with Crippen LogP contribution in [0.2, 0.25) is 0 Å². The standard InChI is InChI=1S/C17H19FN2O/c1-3-20(4-2)16-10-5-13(17(21)11-16)12-19-15-8-6-14(18)7-9-15/h5-12,21H,3-4H2,1-2H3. The summed E-state index contributed by atoms with van der Waals surface area (Å²) >= 11 is 0. The number of aromatic hydroxyl groups is 1. The number of benzene rings is 2. The van der Waals surface area contributed by atoms with E-state index in [1.807, 2.05) is 12.1 Å². The third-order valence-corrected chi connectivity index (χ3v) is 3.32. The first-order valence-corrected chi connectivity index (χ1v) is 7.01. The van der Waals surface area contributed by atoms with Crippen LogP contribution in [0.25, 0.3) is 0 Å². The Morgan fingerprint density at radius 1 is 1.10 bits per heavy atom. The number of nitrogens with zero attached hydrogens (tertiary/aromatic N) is 2. The SMILES string of the molecule is CCN(CC)c1ccc(C=Nc2ccc(F)cc2)c(O)c1. The summed E-state index contributed by atoms with van der Waals surface area (Å²) in [5, 5.41) is 10.1. The summed E-state index contributed by atoms with van der Waals surface area (Å²) in [6, 6.07) is 11.4. The molecule has 0 unspecified atom stereocenters. The van der Waals surface area contributed by atoms with Crippen molar-refractivity contribution < 1.29 is 9.50 Å². The van der Waals surface area contributed by atoms with Crippen LogP contribution in [0.1, 0.15) is 19.4 Å². The van der Waals surface area contributed by atoms with Crippen molar-refractivity contribution in [2.75, 3.05) is 18.0 Å². The lowest BCUT2D eigenvalue weighted by atomic mass is 10.2. The molecule has 2 aromatic carbocycles. The van der Waals surface area contributed by atoms with Crippen LogP contribution in [0.5, 0.6) is 5.75 Å². The van der Waals surface area contributed by atoms with Crippen molar-refractivity contribution in [2.24, 2.45) is 4.99 Å². The van der Waals surface area contributed by atoms with Gasteiger partial charge in [0, 0.05) is 36.6 Å². The van der Waals surface area contributed by atoms with Gasteiger partial charge in [-0.15, -0.1) is 0 Å². The highest BCUT2D eigenvalue weighted by molar-refractivity contribution is 5.86. The van der Waals surface area contributed by atoms with Crippen molar-refractivity contribution in [3.63, 3.8) is 0 Å². The minimum absolute atomic E-state index is 0.185. The third-order valence-electron chi connectivity index (χ3n) is 3.32. The molecule has 0 saturated carbocycles. The molecule has 0 spiro atoms. The van der Waals surface area contributed by atoms with E-state index in [1.165, 1.54) is 12.1 Å². The van der Waals surface area contributed by atoms with Gasteiger partial charge in [-0.05, 0) is 50.2 Å². The highest BCUT2D eigenvalue weighted by Crippen LogP contribution is 2.24. The number of phenolic OH excluding ortho intramolecular Hbond substituents is 1. The summed E-state index contributed by atoms with van der Waals surface area (Å²) in [5.74, 6) is -0.106. The zero-order valence-corrected chi connectivity index (χ0v) is 12.3. The molecule has 0 aliphatic heterocycles. The zero-order chi connectivity index (χ0) is 15.2. The van der Waals surface area contributed by atoms with Crippen molar-refractivity contribution in [1.29, 1.82) is 0 Å². The molecule has 0 fully saturated rings. The van der Waals surface area contributed by atoms with Gasteiger partial charge in [0.15, 0.2) is 0 Å². The second-order valence-electron chi connectivity index (χ2n) is 4.65. The average molecular weight is 286 g/mol. The highest BCUT2D eigenvalue weighted by atomic mass is 19.1. The number of rotatable bonds is 5. The third kappa shape index (κ3) is 3.81. The van der Waals surface area contributed by atoms with Gasteiger partial charge in [0.1, 0.15) is 11.6 Å². The number of phenols is 1. The van der Waals surface area contributed by atoms with Gasteiger partial charge in [0.2, 0.25) is 0 Å². The van der Waals surface area contributed by atoms with Gasteiger partial charge in [-0.25, -0.2) is 4.39 Å². The molecule has 110 valence electrons. The minimum Gasteiger partial charge on any atom is -0.507 e. The van der Waals surface area contributed by atoms with E-state index >= 15 is 0 Å². The van der Waals surface area contributed by atoms with Crippen molar-refractivity contribution >= 4 is 17.6 Å². The van der Waals surface area contributed by atoms with E-state index in [-0.39, 0.29) is 11.6 Å². The average Bonchev–Trinajstić information content (AvgIpc) is 2.49. The molecule has 0 aromatic heterocycles. The summed E-state index contributed by atoms with van der Waals surface area (Å²) in [7, 11) is 0. The molecule has 0 aliphatic rings. The summed E-state index contributed by atoms with van der Waals surface area (Å²) in [6.45, 7) is 5.92. The van der Waals surface area contributed by atoms with Gasteiger partial charge in [0.05, 0.1) is 5.69 Å². The first-order valence-electron chi connectivity index (χ1n) is 7.01. The van der Waals surface area contributed by atoms with E-state index < -0.39 is 0 Å². The normalized spacial score (nSPS) is 11.0. The van der Waals surface area contributed by atoms with E-state index in [9.17, 15) is 9.50 Å². The number of anilines is 1. The molecule has 0 amide bonds. The van der Waals surface area contributed by atoms with Crippen LogP contribution in [0.15, 0.2) is 47.5 Å². The van der Waals surface area contributed by atoms with Crippen molar-refractivity contribution in [3.05, 3.63) is 53.8 Å². The second-order valence-corrected chi connectivity index (χ2v) is 4.65. The van der Waals surface area contributed by atoms with E-state index in [0.29, 0.717) is 11.3 Å². The summed E-state index contributed by atoms with van der Waals surface area (Å²) < 4.78 is 12.8. The van der Waals surface area contributed by atoms with E-state index in [4.69, 9.17) is 0 Å². The molecule has 1 N–H and O–H groups in total. The van der Waals surface area contributed by atoms with Gasteiger partial charge < -0.3 is 10.0 Å². The first-order chi connectivity index (χ1) is 10.1. The van der Waals surface area contributed by atoms with Gasteiger partial charge in [-0.1, -0.05) is 0 Å². The molecule has 0 atom stereocenters. The molecule has 0 aliphatic carbocycles. The molecular weight excluding hydrogens is 267 g/mol. The molecule has 4 heteroatoms. The Morgan fingerprint density at radius 3 is 2.33 bits per heavy atom. The number of halogens is 1. The maximum atomic E-state index is 12.8. The first kappa shape index (κ1) is 15.0. The van der Waals surface area contributed by atoms with Gasteiger partial charge in [0.25, 0.3) is 0 Å². The fourth-order valence-corrected chi connectivity index (χ4v) is 2.10. The van der Waals surface area contributed by atoms with Crippen molar-refractivity contribution in [2.45, 2.75) is 13.8 Å². The maximum absolute atomic E-state index is 12.8. The lowest BCUT2D eigenvalue weighted by Crippen LogP contribution is -2.21. The second kappa shape index (κ2) is 6.88. The van der Waals surface area contributed by atoms with Crippen molar-refractivity contribution in [1.82, 2.24) is 0 Å². The molecule has 3 nitrogen and oxygen atoms in total. The molecule has 2 rings (SSSR count). The van der Waals surface area contributed by atoms with Gasteiger partial charge in [-0.2, -0.15) is 0 Å². The van der Waals surface area contributed by atoms with Crippen LogP contribution in [-0.2, 0) is 0 Å². The molecule has 0 saturated heterocycles. The molecular formula is C17H19FN2O. The predicted molar refractivity (Wildman–Crippen MR) is 85.3 cm³/mol. The van der Waals surface area contributed by atoms with Crippen LogP contribution in [-0.4, -0.2) is 24.4 Å².